The van der Waals surface area contributed by atoms with Crippen molar-refractivity contribution in [3.8, 4) is 73.0 Å². The van der Waals surface area contributed by atoms with Crippen molar-refractivity contribution in [1.82, 2.24) is 9.55 Å². The number of rotatable bonds is 11. The zero-order valence-corrected chi connectivity index (χ0v) is 49.3. The maximum atomic E-state index is 7.15. The third kappa shape index (κ3) is 8.72. The second-order valence-electron chi connectivity index (χ2n) is 24.3. The minimum atomic E-state index is -0.613. The molecule has 0 N–H and O–H groups in total. The zero-order valence-electron chi connectivity index (χ0n) is 49.3. The van der Waals surface area contributed by atoms with Gasteiger partial charge in [-0.05, 0) is 144 Å². The van der Waals surface area contributed by atoms with E-state index in [9.17, 15) is 0 Å². The molecule has 5 nitrogen and oxygen atoms in total. The van der Waals surface area contributed by atoms with Crippen LogP contribution in [-0.2, 0) is 10.8 Å². The number of hydrogen-bond acceptors (Lipinski definition) is 4. The lowest BCUT2D eigenvalue weighted by atomic mass is 9.67. The second kappa shape index (κ2) is 21.2. The van der Waals surface area contributed by atoms with Gasteiger partial charge in [0.1, 0.15) is 24.0 Å². The minimum Gasteiger partial charge on any atom is -0.457 e. The zero-order chi connectivity index (χ0) is 58.9. The molecule has 0 unspecified atom stereocenters. The molecule has 0 saturated heterocycles. The number of para-hydroxylation sites is 3. The summed E-state index contributed by atoms with van der Waals surface area (Å²) in [6, 6.07) is 110. The van der Waals surface area contributed by atoms with E-state index >= 15 is 0 Å². The number of hydrogen-bond donors (Lipinski definition) is 0. The molecule has 0 amide bonds. The lowest BCUT2D eigenvalue weighted by Gasteiger charge is -2.34. The number of aromatic nitrogens is 2. The van der Waals surface area contributed by atoms with Crippen LogP contribution in [0.15, 0.2) is 310 Å². The molecule has 2 aromatic heterocycles. The Kier molecular flexibility index (Phi) is 12.7. The van der Waals surface area contributed by atoms with E-state index in [1.807, 2.05) is 6.20 Å². The topological polar surface area (TPSA) is 33.5 Å². The number of anilines is 4. The van der Waals surface area contributed by atoms with Crippen molar-refractivity contribution in [2.24, 2.45) is 0 Å². The summed E-state index contributed by atoms with van der Waals surface area (Å²) in [6.45, 7) is 7.37. The van der Waals surface area contributed by atoms with Gasteiger partial charge in [0.2, 0.25) is 0 Å². The number of nitrogens with zero attached hydrogens (tertiary/aromatic N) is 4. The van der Waals surface area contributed by atoms with E-state index in [4.69, 9.17) is 9.72 Å². The van der Waals surface area contributed by atoms with E-state index in [-0.39, 0.29) is 5.41 Å². The maximum Gasteiger partial charge on any atom is 0.137 e. The van der Waals surface area contributed by atoms with Gasteiger partial charge < -0.3 is 14.5 Å². The predicted octanol–water partition coefficient (Wildman–Crippen LogP) is 21.5. The summed E-state index contributed by atoms with van der Waals surface area (Å²) in [5.74, 6) is 2.33. The van der Waals surface area contributed by atoms with Crippen LogP contribution < -0.4 is 14.5 Å². The van der Waals surface area contributed by atoms with Gasteiger partial charge in [0, 0.05) is 45.9 Å². The standard InChI is InChI=1S/C83H62N4O/c1-82(2,3)64-48-49-84-78(52-64)87-76-47-46-71-70-38-16-17-41-73(70)83(62-32-12-6-13-33-62,63-34-14-7-15-35-63)80(71)79(76)72-45-44-67(54-77(72)87)88-66-37-22-36-65(53-66)85-55-86(75-43-19-18-42-74(75)85)81-68(60-30-20-28-58(50-60)56-24-8-4-9-25-56)39-23-40-69(81)61-31-21-29-59(51-61)57-26-10-5-11-27-57/h4-54H,55H2,1-3H3. The summed E-state index contributed by atoms with van der Waals surface area (Å²) < 4.78 is 9.52. The SMILES string of the molecule is CC(C)(C)c1ccnc(-n2c3cc(Oc4cccc(N5CN(c6c(-c7cccc(-c8ccccc8)c7)cccc6-c6cccc(-c7ccccc7)c6)c6ccccc65)c4)ccc3c3c4c(ccc32)-c2ccccc2C4(c2ccccc2)c2ccccc2)c1. The summed E-state index contributed by atoms with van der Waals surface area (Å²) >= 11 is 0. The van der Waals surface area contributed by atoms with Gasteiger partial charge in [0.25, 0.3) is 0 Å². The molecule has 1 aliphatic heterocycles. The maximum absolute atomic E-state index is 7.15. The van der Waals surface area contributed by atoms with E-state index in [2.05, 4.69) is 338 Å². The third-order valence-corrected chi connectivity index (χ3v) is 18.1. The number of pyridine rings is 1. The molecule has 3 heterocycles. The molecule has 12 aromatic carbocycles. The highest BCUT2D eigenvalue weighted by atomic mass is 16.5. The van der Waals surface area contributed by atoms with Crippen LogP contribution in [0.3, 0.4) is 0 Å². The van der Waals surface area contributed by atoms with Crippen LogP contribution in [0, 0.1) is 0 Å². The van der Waals surface area contributed by atoms with Crippen molar-refractivity contribution in [3.05, 3.63) is 337 Å². The molecule has 0 bridgehead atoms. The van der Waals surface area contributed by atoms with Gasteiger partial charge >= 0.3 is 0 Å². The Labute approximate surface area is 514 Å². The molecule has 88 heavy (non-hydrogen) atoms. The van der Waals surface area contributed by atoms with E-state index in [1.165, 1.54) is 66.6 Å². The van der Waals surface area contributed by atoms with Crippen molar-refractivity contribution in [2.45, 2.75) is 31.6 Å². The number of ether oxygens (including phenoxy) is 1. The fourth-order valence-corrected chi connectivity index (χ4v) is 14.1. The Balaban J connectivity index is 0.828. The molecule has 0 saturated carbocycles. The summed E-state index contributed by atoms with van der Waals surface area (Å²) in [6.07, 6.45) is 1.96. The normalized spacial score (nSPS) is 13.2. The van der Waals surface area contributed by atoms with Crippen molar-refractivity contribution in [2.75, 3.05) is 16.5 Å². The van der Waals surface area contributed by atoms with Crippen molar-refractivity contribution >= 4 is 44.6 Å². The van der Waals surface area contributed by atoms with Crippen molar-refractivity contribution in [1.29, 1.82) is 0 Å². The first-order valence-corrected chi connectivity index (χ1v) is 30.4. The first kappa shape index (κ1) is 52.5. The molecule has 0 atom stereocenters. The molecule has 14 aromatic rings. The smallest absolute Gasteiger partial charge is 0.137 e. The molecule has 0 radical (unpaired) electrons. The first-order chi connectivity index (χ1) is 43.3. The Hall–Kier alpha value is -11.0. The van der Waals surface area contributed by atoms with Crippen LogP contribution in [-0.4, -0.2) is 16.2 Å². The summed E-state index contributed by atoms with van der Waals surface area (Å²) in [4.78, 5) is 10.1. The van der Waals surface area contributed by atoms with Gasteiger partial charge in [0.05, 0.1) is 33.5 Å². The average molecular weight is 1130 g/mol. The third-order valence-electron chi connectivity index (χ3n) is 18.1. The average Bonchev–Trinajstić information content (AvgIpc) is 1.63. The van der Waals surface area contributed by atoms with E-state index in [0.717, 1.165) is 78.7 Å². The lowest BCUT2D eigenvalue weighted by Crippen LogP contribution is -2.28. The summed E-state index contributed by atoms with van der Waals surface area (Å²) in [7, 11) is 0. The highest BCUT2D eigenvalue weighted by molar-refractivity contribution is 6.15. The Morgan fingerprint density at radius 2 is 0.932 bits per heavy atom. The van der Waals surface area contributed by atoms with Crippen LogP contribution in [0.4, 0.5) is 22.7 Å². The van der Waals surface area contributed by atoms with Gasteiger partial charge in [-0.3, -0.25) is 4.57 Å². The van der Waals surface area contributed by atoms with Gasteiger partial charge in [-0.2, -0.15) is 0 Å². The van der Waals surface area contributed by atoms with Crippen LogP contribution in [0.2, 0.25) is 0 Å². The minimum absolute atomic E-state index is 0.101. The molecule has 5 heteroatoms. The number of benzene rings is 12. The quantitative estimate of drug-likeness (QED) is 0.129. The lowest BCUT2D eigenvalue weighted by molar-refractivity contribution is 0.483. The Morgan fingerprint density at radius 1 is 0.398 bits per heavy atom. The van der Waals surface area contributed by atoms with Crippen LogP contribution in [0.25, 0.3) is 83.3 Å². The van der Waals surface area contributed by atoms with E-state index in [1.54, 1.807) is 0 Å². The summed E-state index contributed by atoms with van der Waals surface area (Å²) in [5.41, 5.74) is 23.8. The van der Waals surface area contributed by atoms with Gasteiger partial charge in [-0.1, -0.05) is 245 Å². The molecule has 0 fully saturated rings. The Bertz CT molecular complexity index is 4830. The molecule has 420 valence electrons. The van der Waals surface area contributed by atoms with Gasteiger partial charge in [0.15, 0.2) is 0 Å². The highest BCUT2D eigenvalue weighted by Crippen LogP contribution is 2.60. The van der Waals surface area contributed by atoms with Crippen molar-refractivity contribution < 1.29 is 4.74 Å². The molecule has 0 spiro atoms. The molecular weight excluding hydrogens is 1070 g/mol. The monoisotopic (exact) mass is 1130 g/mol. The van der Waals surface area contributed by atoms with E-state index < -0.39 is 5.41 Å². The largest absolute Gasteiger partial charge is 0.457 e. The summed E-state index contributed by atoms with van der Waals surface area (Å²) in [5, 5.41) is 2.33. The molecule has 2 aliphatic rings. The van der Waals surface area contributed by atoms with E-state index in [0.29, 0.717) is 6.67 Å². The number of fused-ring (bicyclic) bond motifs is 8. The first-order valence-electron chi connectivity index (χ1n) is 30.4. The molecular formula is C83H62N4O. The molecule has 1 aliphatic carbocycles. The fourth-order valence-electron chi connectivity index (χ4n) is 14.1. The van der Waals surface area contributed by atoms with Crippen LogP contribution in [0.1, 0.15) is 48.6 Å². The predicted molar refractivity (Wildman–Crippen MR) is 365 cm³/mol. The Morgan fingerprint density at radius 3 is 1.58 bits per heavy atom. The fraction of sp³-hybridized carbons (Fsp3) is 0.0723. The highest BCUT2D eigenvalue weighted by Gasteiger charge is 2.48. The molecule has 16 rings (SSSR count). The second-order valence-corrected chi connectivity index (χ2v) is 24.3. The van der Waals surface area contributed by atoms with Gasteiger partial charge in [-0.25, -0.2) is 4.98 Å². The van der Waals surface area contributed by atoms with Crippen LogP contribution >= 0.6 is 0 Å². The van der Waals surface area contributed by atoms with Crippen molar-refractivity contribution in [3.63, 3.8) is 0 Å². The van der Waals surface area contributed by atoms with Crippen LogP contribution in [0.5, 0.6) is 11.5 Å². The van der Waals surface area contributed by atoms with Gasteiger partial charge in [-0.15, -0.1) is 0 Å².